The van der Waals surface area contributed by atoms with Crippen molar-refractivity contribution in [1.82, 2.24) is 4.90 Å². The predicted octanol–water partition coefficient (Wildman–Crippen LogP) is 1.83. The Morgan fingerprint density at radius 3 is 2.45 bits per heavy atom. The van der Waals surface area contributed by atoms with Crippen molar-refractivity contribution in [2.24, 2.45) is 0 Å². The van der Waals surface area contributed by atoms with Gasteiger partial charge < -0.3 is 14.8 Å². The second-order valence-corrected chi connectivity index (χ2v) is 7.13. The van der Waals surface area contributed by atoms with Gasteiger partial charge in [0, 0.05) is 25.3 Å². The SMILES string of the molecule is CCCOCCOCCNc1ccc2c(c1)C(=O)N(C1CCC(=O)CC1=O)C2=O. The zero-order valence-corrected chi connectivity index (χ0v) is 16.6. The van der Waals surface area contributed by atoms with Crippen LogP contribution in [0.1, 0.15) is 53.3 Å². The third-order valence-corrected chi connectivity index (χ3v) is 4.97. The van der Waals surface area contributed by atoms with Crippen molar-refractivity contribution in [3.63, 3.8) is 0 Å². The first-order chi connectivity index (χ1) is 14.0. The van der Waals surface area contributed by atoms with Crippen molar-refractivity contribution in [3.05, 3.63) is 29.3 Å². The first-order valence-corrected chi connectivity index (χ1v) is 9.98. The number of benzene rings is 1. The van der Waals surface area contributed by atoms with Crippen LogP contribution in [0, 0.1) is 0 Å². The van der Waals surface area contributed by atoms with E-state index in [4.69, 9.17) is 9.47 Å². The van der Waals surface area contributed by atoms with E-state index < -0.39 is 17.9 Å². The number of fused-ring (bicyclic) bond motifs is 1. The van der Waals surface area contributed by atoms with Gasteiger partial charge in [-0.3, -0.25) is 24.1 Å². The van der Waals surface area contributed by atoms with Gasteiger partial charge >= 0.3 is 0 Å². The van der Waals surface area contributed by atoms with Crippen LogP contribution < -0.4 is 5.32 Å². The number of carbonyl (C=O) groups is 4. The van der Waals surface area contributed by atoms with Crippen LogP contribution in [0.3, 0.4) is 0 Å². The van der Waals surface area contributed by atoms with Gasteiger partial charge in [0.15, 0.2) is 5.78 Å². The molecule has 0 bridgehead atoms. The number of Topliss-reactive ketones (excluding diaryl/α,β-unsaturated/α-hetero) is 2. The van der Waals surface area contributed by atoms with E-state index in [1.54, 1.807) is 18.2 Å². The third kappa shape index (κ3) is 4.89. The van der Waals surface area contributed by atoms with E-state index in [-0.39, 0.29) is 42.0 Å². The van der Waals surface area contributed by atoms with Crippen molar-refractivity contribution < 1.29 is 28.7 Å². The van der Waals surface area contributed by atoms with E-state index in [1.807, 2.05) is 6.92 Å². The lowest BCUT2D eigenvalue weighted by Gasteiger charge is -2.27. The van der Waals surface area contributed by atoms with Gasteiger partial charge in [0.05, 0.1) is 43.4 Å². The Labute approximate surface area is 169 Å². The quantitative estimate of drug-likeness (QED) is 0.362. The summed E-state index contributed by atoms with van der Waals surface area (Å²) in [5.74, 6) is -1.46. The fraction of sp³-hybridized carbons (Fsp3) is 0.524. The van der Waals surface area contributed by atoms with Crippen LogP contribution in [0.2, 0.25) is 0 Å². The number of rotatable bonds is 10. The maximum absolute atomic E-state index is 12.8. The number of nitrogens with zero attached hydrogens (tertiary/aromatic N) is 1. The molecule has 0 aromatic heterocycles. The van der Waals surface area contributed by atoms with E-state index in [2.05, 4.69) is 5.32 Å². The molecule has 156 valence electrons. The molecule has 2 aliphatic rings. The Hall–Kier alpha value is -2.58. The van der Waals surface area contributed by atoms with Crippen LogP contribution in [0.25, 0.3) is 0 Å². The molecular formula is C21H26N2O6. The Morgan fingerprint density at radius 2 is 1.72 bits per heavy atom. The summed E-state index contributed by atoms with van der Waals surface area (Å²) >= 11 is 0. The topological polar surface area (TPSA) is 102 Å². The van der Waals surface area contributed by atoms with Gasteiger partial charge in [-0.2, -0.15) is 0 Å². The summed E-state index contributed by atoms with van der Waals surface area (Å²) in [6, 6.07) is 4.10. The molecule has 29 heavy (non-hydrogen) atoms. The highest BCUT2D eigenvalue weighted by Crippen LogP contribution is 2.30. The lowest BCUT2D eigenvalue weighted by Crippen LogP contribution is -2.47. The highest BCUT2D eigenvalue weighted by Gasteiger charge is 2.44. The number of imide groups is 1. The molecule has 0 saturated heterocycles. The Bertz CT molecular complexity index is 806. The molecule has 3 rings (SSSR count). The summed E-state index contributed by atoms with van der Waals surface area (Å²) < 4.78 is 10.8. The van der Waals surface area contributed by atoms with Crippen LogP contribution in [0.4, 0.5) is 5.69 Å². The van der Waals surface area contributed by atoms with Crippen molar-refractivity contribution in [1.29, 1.82) is 0 Å². The Balaban J connectivity index is 1.55. The molecule has 0 spiro atoms. The number of nitrogens with one attached hydrogen (secondary N) is 1. The van der Waals surface area contributed by atoms with Crippen LogP contribution >= 0.6 is 0 Å². The van der Waals surface area contributed by atoms with Crippen LogP contribution in [0.15, 0.2) is 18.2 Å². The largest absolute Gasteiger partial charge is 0.383 e. The molecule has 1 atom stereocenters. The molecule has 1 unspecified atom stereocenters. The number of anilines is 1. The van der Waals surface area contributed by atoms with Gasteiger partial charge in [-0.05, 0) is 31.0 Å². The summed E-state index contributed by atoms with van der Waals surface area (Å²) in [6.07, 6.45) is 1.17. The van der Waals surface area contributed by atoms with Crippen molar-refractivity contribution in [2.45, 2.75) is 38.6 Å². The third-order valence-electron chi connectivity index (χ3n) is 4.97. The highest BCUT2D eigenvalue weighted by molar-refractivity contribution is 6.24. The predicted molar refractivity (Wildman–Crippen MR) is 105 cm³/mol. The zero-order chi connectivity index (χ0) is 20.8. The lowest BCUT2D eigenvalue weighted by molar-refractivity contribution is -0.132. The fourth-order valence-corrected chi connectivity index (χ4v) is 3.52. The highest BCUT2D eigenvalue weighted by atomic mass is 16.5. The zero-order valence-electron chi connectivity index (χ0n) is 16.6. The molecule has 1 aromatic rings. The van der Waals surface area contributed by atoms with E-state index in [0.717, 1.165) is 17.9 Å². The van der Waals surface area contributed by atoms with E-state index in [0.29, 0.717) is 32.1 Å². The summed E-state index contributed by atoms with van der Waals surface area (Å²) in [5.41, 5.74) is 1.26. The lowest BCUT2D eigenvalue weighted by atomic mass is 9.92. The number of hydrogen-bond donors (Lipinski definition) is 1. The molecule has 0 radical (unpaired) electrons. The molecule has 1 fully saturated rings. The number of ether oxygens (including phenoxy) is 2. The van der Waals surface area contributed by atoms with Crippen molar-refractivity contribution in [3.8, 4) is 0 Å². The second kappa shape index (κ2) is 9.76. The van der Waals surface area contributed by atoms with Crippen LogP contribution in [-0.2, 0) is 19.1 Å². The number of ketones is 2. The molecule has 1 N–H and O–H groups in total. The van der Waals surface area contributed by atoms with Crippen molar-refractivity contribution >= 4 is 29.1 Å². The van der Waals surface area contributed by atoms with Crippen LogP contribution in [-0.4, -0.2) is 67.3 Å². The average molecular weight is 402 g/mol. The molecular weight excluding hydrogens is 376 g/mol. The van der Waals surface area contributed by atoms with E-state index in [9.17, 15) is 19.2 Å². The summed E-state index contributed by atoms with van der Waals surface area (Å²) in [7, 11) is 0. The monoisotopic (exact) mass is 402 g/mol. The van der Waals surface area contributed by atoms with Gasteiger partial charge in [-0.15, -0.1) is 0 Å². The minimum atomic E-state index is -0.847. The van der Waals surface area contributed by atoms with Gasteiger partial charge in [-0.25, -0.2) is 0 Å². The minimum Gasteiger partial charge on any atom is -0.383 e. The maximum atomic E-state index is 12.8. The Kier molecular flexibility index (Phi) is 7.11. The standard InChI is InChI=1S/C21H26N2O6/c1-2-8-28-10-11-29-9-7-22-14-3-5-16-17(12-14)21(27)23(20(16)26)18-6-4-15(24)13-19(18)25/h3,5,12,18,22H,2,4,6-11,13H2,1H3. The van der Waals surface area contributed by atoms with Gasteiger partial charge in [0.25, 0.3) is 11.8 Å². The van der Waals surface area contributed by atoms with Crippen molar-refractivity contribution in [2.75, 3.05) is 38.3 Å². The Morgan fingerprint density at radius 1 is 1.00 bits per heavy atom. The van der Waals surface area contributed by atoms with Crippen LogP contribution in [0.5, 0.6) is 0 Å². The van der Waals surface area contributed by atoms with E-state index in [1.165, 1.54) is 0 Å². The molecule has 8 heteroatoms. The number of carbonyl (C=O) groups excluding carboxylic acids is 4. The maximum Gasteiger partial charge on any atom is 0.262 e. The minimum absolute atomic E-state index is 0.145. The molecule has 1 aliphatic carbocycles. The van der Waals surface area contributed by atoms with Gasteiger partial charge in [0.1, 0.15) is 5.78 Å². The molecule has 2 amide bonds. The molecule has 1 saturated carbocycles. The number of hydrogen-bond acceptors (Lipinski definition) is 7. The van der Waals surface area contributed by atoms with E-state index >= 15 is 0 Å². The smallest absolute Gasteiger partial charge is 0.262 e. The summed E-state index contributed by atoms with van der Waals surface area (Å²) in [4.78, 5) is 50.1. The average Bonchev–Trinajstić information content (AvgIpc) is 2.94. The normalized spacial score (nSPS) is 19.1. The summed E-state index contributed by atoms with van der Waals surface area (Å²) in [6.45, 7) is 4.88. The van der Waals surface area contributed by atoms with Gasteiger partial charge in [0.2, 0.25) is 0 Å². The molecule has 1 aromatic carbocycles. The second-order valence-electron chi connectivity index (χ2n) is 7.13. The van der Waals surface area contributed by atoms with Gasteiger partial charge in [-0.1, -0.05) is 6.92 Å². The first-order valence-electron chi connectivity index (χ1n) is 9.98. The number of amides is 2. The molecule has 8 nitrogen and oxygen atoms in total. The molecule has 1 aliphatic heterocycles. The first kappa shape index (κ1) is 21.1. The summed E-state index contributed by atoms with van der Waals surface area (Å²) in [5, 5.41) is 3.16. The fourth-order valence-electron chi connectivity index (χ4n) is 3.52. The molecule has 1 heterocycles.